The van der Waals surface area contributed by atoms with Crippen LogP contribution in [0.25, 0.3) is 11.1 Å². The van der Waals surface area contributed by atoms with Crippen LogP contribution in [-0.2, 0) is 16.0 Å². The largest absolute Gasteiger partial charge is 0.468 e. The summed E-state index contributed by atoms with van der Waals surface area (Å²) in [7, 11) is 5.39. The number of hydrogen-bond donors (Lipinski definition) is 1. The van der Waals surface area contributed by atoms with E-state index in [1.807, 2.05) is 38.4 Å². The van der Waals surface area contributed by atoms with Gasteiger partial charge < -0.3 is 15.4 Å². The fourth-order valence-corrected chi connectivity index (χ4v) is 2.27. The molecule has 2 aromatic carbocycles. The standard InChI is InChI=1S/C18H22N2O2.ClH/c1-20(2)16-10-8-15(9-11-16)14-6-4-13(5-7-14)12-17(19)18(21)22-3;/h4-11,17H,12,19H2,1-3H3;1H/t17-;/m0./s1. The lowest BCUT2D eigenvalue weighted by molar-refractivity contribution is -0.142. The van der Waals surface area contributed by atoms with Gasteiger partial charge in [0, 0.05) is 19.8 Å². The first kappa shape index (κ1) is 19.0. The predicted octanol–water partition coefficient (Wildman–Crippen LogP) is 2.88. The lowest BCUT2D eigenvalue weighted by atomic mass is 10.0. The fraction of sp³-hybridized carbons (Fsp3) is 0.278. The Hall–Kier alpha value is -2.04. The lowest BCUT2D eigenvalue weighted by Crippen LogP contribution is -2.33. The normalized spacial score (nSPS) is 11.3. The molecule has 1 atom stereocenters. The highest BCUT2D eigenvalue weighted by molar-refractivity contribution is 5.85. The molecule has 0 saturated heterocycles. The number of nitrogens with two attached hydrogens (primary N) is 1. The van der Waals surface area contributed by atoms with Crippen molar-refractivity contribution < 1.29 is 9.53 Å². The van der Waals surface area contributed by atoms with E-state index < -0.39 is 6.04 Å². The van der Waals surface area contributed by atoms with Crippen molar-refractivity contribution in [2.45, 2.75) is 12.5 Å². The van der Waals surface area contributed by atoms with Crippen LogP contribution in [0.5, 0.6) is 0 Å². The number of nitrogens with zero attached hydrogens (tertiary/aromatic N) is 1. The van der Waals surface area contributed by atoms with Gasteiger partial charge in [0.2, 0.25) is 0 Å². The number of carbonyl (C=O) groups excluding carboxylic acids is 1. The maximum Gasteiger partial charge on any atom is 0.322 e. The van der Waals surface area contributed by atoms with Crippen LogP contribution in [0.1, 0.15) is 5.56 Å². The topological polar surface area (TPSA) is 55.6 Å². The number of esters is 1. The summed E-state index contributed by atoms with van der Waals surface area (Å²) in [5.74, 6) is -0.386. The molecule has 124 valence electrons. The summed E-state index contributed by atoms with van der Waals surface area (Å²) in [5.41, 5.74) is 10.3. The molecule has 0 heterocycles. The van der Waals surface area contributed by atoms with Gasteiger partial charge in [-0.2, -0.15) is 0 Å². The third kappa shape index (κ3) is 4.98. The van der Waals surface area contributed by atoms with Gasteiger partial charge in [-0.3, -0.25) is 4.79 Å². The molecule has 0 aliphatic carbocycles. The van der Waals surface area contributed by atoms with Gasteiger partial charge >= 0.3 is 5.97 Å². The van der Waals surface area contributed by atoms with Crippen LogP contribution in [0.15, 0.2) is 48.5 Å². The number of benzene rings is 2. The van der Waals surface area contributed by atoms with E-state index >= 15 is 0 Å². The highest BCUT2D eigenvalue weighted by atomic mass is 35.5. The van der Waals surface area contributed by atoms with E-state index in [1.165, 1.54) is 12.8 Å². The number of anilines is 1. The molecule has 0 aliphatic heterocycles. The van der Waals surface area contributed by atoms with Crippen molar-refractivity contribution in [1.29, 1.82) is 0 Å². The number of rotatable bonds is 5. The monoisotopic (exact) mass is 334 g/mol. The molecule has 2 N–H and O–H groups in total. The molecule has 23 heavy (non-hydrogen) atoms. The number of ether oxygens (including phenoxy) is 1. The second-order valence-electron chi connectivity index (χ2n) is 5.47. The van der Waals surface area contributed by atoms with E-state index in [-0.39, 0.29) is 18.4 Å². The minimum atomic E-state index is -0.616. The van der Waals surface area contributed by atoms with Crippen LogP contribution in [0.2, 0.25) is 0 Å². The Balaban J connectivity index is 0.00000264. The van der Waals surface area contributed by atoms with Crippen molar-refractivity contribution in [2.75, 3.05) is 26.1 Å². The minimum Gasteiger partial charge on any atom is -0.468 e. The molecule has 0 aliphatic rings. The van der Waals surface area contributed by atoms with Crippen molar-refractivity contribution in [1.82, 2.24) is 0 Å². The Bertz CT molecular complexity index is 624. The third-order valence-electron chi connectivity index (χ3n) is 3.63. The zero-order valence-corrected chi connectivity index (χ0v) is 14.5. The van der Waals surface area contributed by atoms with Gasteiger partial charge in [0.15, 0.2) is 0 Å². The smallest absolute Gasteiger partial charge is 0.322 e. The van der Waals surface area contributed by atoms with Crippen molar-refractivity contribution in [3.8, 4) is 11.1 Å². The van der Waals surface area contributed by atoms with Crippen LogP contribution >= 0.6 is 12.4 Å². The van der Waals surface area contributed by atoms with Crippen LogP contribution in [0.3, 0.4) is 0 Å². The van der Waals surface area contributed by atoms with Crippen molar-refractivity contribution in [3.05, 3.63) is 54.1 Å². The third-order valence-corrected chi connectivity index (χ3v) is 3.63. The van der Waals surface area contributed by atoms with Gasteiger partial charge in [0.25, 0.3) is 0 Å². The summed E-state index contributed by atoms with van der Waals surface area (Å²) in [6.07, 6.45) is 0.479. The average molecular weight is 335 g/mol. The second-order valence-corrected chi connectivity index (χ2v) is 5.47. The molecular weight excluding hydrogens is 312 g/mol. The van der Waals surface area contributed by atoms with E-state index in [0.29, 0.717) is 6.42 Å². The van der Waals surface area contributed by atoms with Gasteiger partial charge in [-0.05, 0) is 35.2 Å². The van der Waals surface area contributed by atoms with Gasteiger partial charge in [-0.15, -0.1) is 12.4 Å². The van der Waals surface area contributed by atoms with E-state index in [2.05, 4.69) is 33.9 Å². The number of carbonyl (C=O) groups is 1. The predicted molar refractivity (Wildman–Crippen MR) is 97.1 cm³/mol. The highest BCUT2D eigenvalue weighted by Gasteiger charge is 2.14. The molecule has 0 spiro atoms. The van der Waals surface area contributed by atoms with E-state index in [9.17, 15) is 4.79 Å². The molecule has 4 nitrogen and oxygen atoms in total. The Morgan fingerprint density at radius 1 is 1.04 bits per heavy atom. The maximum absolute atomic E-state index is 11.3. The Labute approximate surface area is 143 Å². The highest BCUT2D eigenvalue weighted by Crippen LogP contribution is 2.23. The number of halogens is 1. The molecule has 0 aromatic heterocycles. The summed E-state index contributed by atoms with van der Waals surface area (Å²) in [6, 6.07) is 15.9. The van der Waals surface area contributed by atoms with Gasteiger partial charge in [-0.25, -0.2) is 0 Å². The second kappa shape index (κ2) is 8.56. The molecule has 0 saturated carbocycles. The van der Waals surface area contributed by atoms with E-state index in [1.54, 1.807) is 0 Å². The molecule has 0 bridgehead atoms. The summed E-state index contributed by atoms with van der Waals surface area (Å²) < 4.78 is 4.64. The molecule has 2 aromatic rings. The fourth-order valence-electron chi connectivity index (χ4n) is 2.27. The summed E-state index contributed by atoms with van der Waals surface area (Å²) in [5, 5.41) is 0. The van der Waals surface area contributed by atoms with Gasteiger partial charge in [-0.1, -0.05) is 36.4 Å². The molecular formula is C18H23ClN2O2. The van der Waals surface area contributed by atoms with Crippen LogP contribution in [0, 0.1) is 0 Å². The molecule has 0 amide bonds. The maximum atomic E-state index is 11.3. The molecule has 0 unspecified atom stereocenters. The summed E-state index contributed by atoms with van der Waals surface area (Å²) in [4.78, 5) is 13.4. The molecule has 0 fully saturated rings. The zero-order valence-electron chi connectivity index (χ0n) is 13.7. The SMILES string of the molecule is COC(=O)[C@@H](N)Cc1ccc(-c2ccc(N(C)C)cc2)cc1.Cl. The van der Waals surface area contributed by atoms with Gasteiger partial charge in [0.05, 0.1) is 7.11 Å². The van der Waals surface area contributed by atoms with Crippen molar-refractivity contribution in [2.24, 2.45) is 5.73 Å². The number of methoxy groups -OCH3 is 1. The van der Waals surface area contributed by atoms with Gasteiger partial charge in [0.1, 0.15) is 6.04 Å². The number of hydrogen-bond acceptors (Lipinski definition) is 4. The van der Waals surface area contributed by atoms with Crippen molar-refractivity contribution in [3.63, 3.8) is 0 Å². The van der Waals surface area contributed by atoms with Crippen LogP contribution in [0.4, 0.5) is 5.69 Å². The zero-order chi connectivity index (χ0) is 16.1. The molecule has 2 rings (SSSR count). The quantitative estimate of drug-likeness (QED) is 0.854. The first-order valence-corrected chi connectivity index (χ1v) is 7.21. The average Bonchev–Trinajstić information content (AvgIpc) is 2.54. The molecule has 5 heteroatoms. The lowest BCUT2D eigenvalue weighted by Gasteiger charge is -2.13. The summed E-state index contributed by atoms with van der Waals surface area (Å²) >= 11 is 0. The summed E-state index contributed by atoms with van der Waals surface area (Å²) in [6.45, 7) is 0. The van der Waals surface area contributed by atoms with E-state index in [0.717, 1.165) is 16.7 Å². The first-order chi connectivity index (χ1) is 10.5. The van der Waals surface area contributed by atoms with Crippen LogP contribution < -0.4 is 10.6 Å². The van der Waals surface area contributed by atoms with Crippen molar-refractivity contribution >= 4 is 24.1 Å². The Morgan fingerprint density at radius 3 is 1.96 bits per heavy atom. The Kier molecular flexibility index (Phi) is 7.07. The first-order valence-electron chi connectivity index (χ1n) is 7.21. The molecule has 0 radical (unpaired) electrons. The van der Waals surface area contributed by atoms with E-state index in [4.69, 9.17) is 5.73 Å². The minimum absolute atomic E-state index is 0. The van der Waals surface area contributed by atoms with Crippen LogP contribution in [-0.4, -0.2) is 33.2 Å². The Morgan fingerprint density at radius 2 is 1.52 bits per heavy atom.